The van der Waals surface area contributed by atoms with Crippen molar-refractivity contribution in [3.05, 3.63) is 42.6 Å². The molecule has 0 bridgehead atoms. The molecule has 1 aliphatic heterocycles. The Morgan fingerprint density at radius 1 is 1.19 bits per heavy atom. The SMILES string of the molecule is COc1ccccc1-c1cnc2ccc(NCC3CCC(=O)N3CCC(C)(C)C)nn12. The molecule has 7 nitrogen and oxygen atoms in total. The van der Waals surface area contributed by atoms with Crippen LogP contribution in [0.1, 0.15) is 40.0 Å². The largest absolute Gasteiger partial charge is 0.496 e. The van der Waals surface area contributed by atoms with E-state index in [-0.39, 0.29) is 17.4 Å². The third-order valence-corrected chi connectivity index (χ3v) is 5.82. The van der Waals surface area contributed by atoms with Crippen LogP contribution in [0.5, 0.6) is 5.75 Å². The molecule has 1 aliphatic rings. The fraction of sp³-hybridized carbons (Fsp3) is 0.458. The van der Waals surface area contributed by atoms with Gasteiger partial charge in [-0.05, 0) is 42.5 Å². The van der Waals surface area contributed by atoms with Gasteiger partial charge in [0, 0.05) is 31.1 Å². The summed E-state index contributed by atoms with van der Waals surface area (Å²) in [6.07, 6.45) is 4.32. The lowest BCUT2D eigenvalue weighted by molar-refractivity contribution is -0.129. The minimum atomic E-state index is 0.198. The molecule has 0 radical (unpaired) electrons. The highest BCUT2D eigenvalue weighted by atomic mass is 16.5. The van der Waals surface area contributed by atoms with E-state index >= 15 is 0 Å². The predicted molar refractivity (Wildman–Crippen MR) is 122 cm³/mol. The number of nitrogens with one attached hydrogen (secondary N) is 1. The molecule has 1 unspecified atom stereocenters. The van der Waals surface area contributed by atoms with Crippen LogP contribution in [-0.4, -0.2) is 51.6 Å². The van der Waals surface area contributed by atoms with Crippen LogP contribution in [0.3, 0.4) is 0 Å². The van der Waals surface area contributed by atoms with Gasteiger partial charge in [0.1, 0.15) is 11.6 Å². The Morgan fingerprint density at radius 2 is 2.00 bits per heavy atom. The van der Waals surface area contributed by atoms with Crippen molar-refractivity contribution >= 4 is 17.4 Å². The van der Waals surface area contributed by atoms with E-state index < -0.39 is 0 Å². The molecule has 2 aromatic heterocycles. The highest BCUT2D eigenvalue weighted by Crippen LogP contribution is 2.30. The number of ether oxygens (including phenoxy) is 1. The monoisotopic (exact) mass is 421 g/mol. The summed E-state index contributed by atoms with van der Waals surface area (Å²) >= 11 is 0. The van der Waals surface area contributed by atoms with Gasteiger partial charge in [-0.3, -0.25) is 4.79 Å². The second-order valence-electron chi connectivity index (χ2n) is 9.30. The van der Waals surface area contributed by atoms with Crippen LogP contribution in [0.4, 0.5) is 5.82 Å². The van der Waals surface area contributed by atoms with Gasteiger partial charge in [-0.2, -0.15) is 0 Å². The number of benzene rings is 1. The highest BCUT2D eigenvalue weighted by Gasteiger charge is 2.31. The molecule has 0 saturated carbocycles. The van der Waals surface area contributed by atoms with Crippen LogP contribution in [0, 0.1) is 5.41 Å². The number of fused-ring (bicyclic) bond motifs is 1. The fourth-order valence-corrected chi connectivity index (χ4v) is 4.00. The highest BCUT2D eigenvalue weighted by molar-refractivity contribution is 5.79. The standard InChI is InChI=1S/C24H31N5O2/c1-24(2,3)13-14-28-17(9-12-23(28)30)15-25-21-10-11-22-26-16-19(29(22)27-21)18-7-5-6-8-20(18)31-4/h5-8,10-11,16-17H,9,12-15H2,1-4H3,(H,25,27). The Labute approximate surface area is 183 Å². The number of nitrogens with zero attached hydrogens (tertiary/aromatic N) is 4. The topological polar surface area (TPSA) is 71.8 Å². The van der Waals surface area contributed by atoms with Crippen LogP contribution in [0.25, 0.3) is 16.9 Å². The molecular formula is C24H31N5O2. The summed E-state index contributed by atoms with van der Waals surface area (Å²) in [5.41, 5.74) is 2.80. The number of para-hydroxylation sites is 1. The third-order valence-electron chi connectivity index (χ3n) is 5.82. The quantitative estimate of drug-likeness (QED) is 0.618. The summed E-state index contributed by atoms with van der Waals surface area (Å²) in [6.45, 7) is 8.13. The predicted octanol–water partition coefficient (Wildman–Crippen LogP) is 4.24. The smallest absolute Gasteiger partial charge is 0.222 e. The van der Waals surface area contributed by atoms with Crippen LogP contribution >= 0.6 is 0 Å². The number of carbonyl (C=O) groups excluding carboxylic acids is 1. The molecule has 0 spiro atoms. The lowest BCUT2D eigenvalue weighted by atomic mass is 9.92. The third kappa shape index (κ3) is 4.65. The molecule has 7 heteroatoms. The normalized spacial score (nSPS) is 16.8. The number of amides is 1. The number of likely N-dealkylation sites (tertiary alicyclic amines) is 1. The zero-order chi connectivity index (χ0) is 22.0. The van der Waals surface area contributed by atoms with Gasteiger partial charge in [-0.15, -0.1) is 5.10 Å². The van der Waals surface area contributed by atoms with Crippen molar-refractivity contribution in [2.45, 2.75) is 46.1 Å². The molecule has 1 aromatic carbocycles. The number of rotatable bonds is 7. The summed E-state index contributed by atoms with van der Waals surface area (Å²) in [4.78, 5) is 18.9. The first kappa shape index (κ1) is 21.2. The van der Waals surface area contributed by atoms with Crippen LogP contribution in [0.2, 0.25) is 0 Å². The average Bonchev–Trinajstić information content (AvgIpc) is 3.32. The molecular weight excluding hydrogens is 390 g/mol. The summed E-state index contributed by atoms with van der Waals surface area (Å²) in [6, 6.07) is 11.9. The Morgan fingerprint density at radius 3 is 2.77 bits per heavy atom. The molecule has 31 heavy (non-hydrogen) atoms. The number of hydrogen-bond donors (Lipinski definition) is 1. The molecule has 1 saturated heterocycles. The maximum absolute atomic E-state index is 12.4. The van der Waals surface area contributed by atoms with Gasteiger partial charge < -0.3 is 15.0 Å². The van der Waals surface area contributed by atoms with Crippen molar-refractivity contribution < 1.29 is 9.53 Å². The minimum Gasteiger partial charge on any atom is -0.496 e. The number of anilines is 1. The van der Waals surface area contributed by atoms with Crippen molar-refractivity contribution in [3.8, 4) is 17.0 Å². The molecule has 1 N–H and O–H groups in total. The molecule has 3 aromatic rings. The Balaban J connectivity index is 1.51. The molecule has 164 valence electrons. The van der Waals surface area contributed by atoms with Crippen LogP contribution in [0.15, 0.2) is 42.6 Å². The number of imidazole rings is 1. The molecule has 0 aliphatic carbocycles. The van der Waals surface area contributed by atoms with Gasteiger partial charge >= 0.3 is 0 Å². The zero-order valence-corrected chi connectivity index (χ0v) is 18.8. The van der Waals surface area contributed by atoms with E-state index in [9.17, 15) is 4.79 Å². The van der Waals surface area contributed by atoms with Crippen molar-refractivity contribution in [3.63, 3.8) is 0 Å². The molecule has 1 amide bonds. The van der Waals surface area contributed by atoms with E-state index in [1.54, 1.807) is 7.11 Å². The molecule has 4 rings (SSSR count). The van der Waals surface area contributed by atoms with E-state index in [1.165, 1.54) is 0 Å². The Hall–Kier alpha value is -3.09. The molecule has 1 atom stereocenters. The van der Waals surface area contributed by atoms with Gasteiger partial charge in [0.15, 0.2) is 5.65 Å². The van der Waals surface area contributed by atoms with E-state index in [1.807, 2.05) is 52.0 Å². The molecule has 1 fully saturated rings. The van der Waals surface area contributed by atoms with Crippen LogP contribution < -0.4 is 10.1 Å². The number of methoxy groups -OCH3 is 1. The van der Waals surface area contributed by atoms with Crippen LogP contribution in [-0.2, 0) is 4.79 Å². The lowest BCUT2D eigenvalue weighted by Crippen LogP contribution is -2.39. The summed E-state index contributed by atoms with van der Waals surface area (Å²) in [5, 5.41) is 8.20. The van der Waals surface area contributed by atoms with E-state index in [2.05, 4.69) is 31.1 Å². The number of hydrogen-bond acceptors (Lipinski definition) is 5. The minimum absolute atomic E-state index is 0.198. The average molecular weight is 422 g/mol. The van der Waals surface area contributed by atoms with Gasteiger partial charge in [0.25, 0.3) is 0 Å². The van der Waals surface area contributed by atoms with Crippen molar-refractivity contribution in [2.24, 2.45) is 5.41 Å². The first-order chi connectivity index (χ1) is 14.9. The fourth-order valence-electron chi connectivity index (χ4n) is 4.00. The number of carbonyl (C=O) groups is 1. The second-order valence-corrected chi connectivity index (χ2v) is 9.30. The van der Waals surface area contributed by atoms with Gasteiger partial charge in [-0.25, -0.2) is 9.50 Å². The summed E-state index contributed by atoms with van der Waals surface area (Å²) in [7, 11) is 1.66. The Kier molecular flexibility index (Phi) is 5.85. The van der Waals surface area contributed by atoms with E-state index in [0.717, 1.165) is 47.9 Å². The number of aromatic nitrogens is 3. The van der Waals surface area contributed by atoms with Gasteiger partial charge in [-0.1, -0.05) is 32.9 Å². The maximum Gasteiger partial charge on any atom is 0.222 e. The molecule has 3 heterocycles. The summed E-state index contributed by atoms with van der Waals surface area (Å²) in [5.74, 6) is 1.80. The zero-order valence-electron chi connectivity index (χ0n) is 18.8. The first-order valence-corrected chi connectivity index (χ1v) is 10.9. The maximum atomic E-state index is 12.4. The van der Waals surface area contributed by atoms with E-state index in [0.29, 0.717) is 13.0 Å². The first-order valence-electron chi connectivity index (χ1n) is 10.9. The second kappa shape index (κ2) is 8.57. The van der Waals surface area contributed by atoms with Gasteiger partial charge in [0.05, 0.1) is 19.0 Å². The van der Waals surface area contributed by atoms with Crippen molar-refractivity contribution in [2.75, 3.05) is 25.5 Å². The van der Waals surface area contributed by atoms with Gasteiger partial charge in [0.2, 0.25) is 5.91 Å². The Bertz CT molecular complexity index is 1070. The summed E-state index contributed by atoms with van der Waals surface area (Å²) < 4.78 is 7.34. The van der Waals surface area contributed by atoms with E-state index in [4.69, 9.17) is 9.84 Å². The lowest BCUT2D eigenvalue weighted by Gasteiger charge is -2.28. The van der Waals surface area contributed by atoms with Crippen molar-refractivity contribution in [1.82, 2.24) is 19.5 Å². The van der Waals surface area contributed by atoms with Crippen molar-refractivity contribution in [1.29, 1.82) is 0 Å².